The van der Waals surface area contributed by atoms with Crippen molar-refractivity contribution in [1.82, 2.24) is 4.98 Å². The number of halogens is 1. The first-order chi connectivity index (χ1) is 8.56. The van der Waals surface area contributed by atoms with Gasteiger partial charge in [0.25, 0.3) is 5.91 Å². The van der Waals surface area contributed by atoms with Crippen molar-refractivity contribution in [3.8, 4) is 0 Å². The van der Waals surface area contributed by atoms with Gasteiger partial charge in [-0.2, -0.15) is 0 Å². The number of carbonyl (C=O) groups is 1. The van der Waals surface area contributed by atoms with E-state index in [-0.39, 0.29) is 17.2 Å². The molecule has 18 heavy (non-hydrogen) atoms. The van der Waals surface area contributed by atoms with Gasteiger partial charge in [-0.25, -0.2) is 9.37 Å². The van der Waals surface area contributed by atoms with E-state index in [9.17, 15) is 9.18 Å². The summed E-state index contributed by atoms with van der Waals surface area (Å²) >= 11 is 0. The first-order valence-electron chi connectivity index (χ1n) is 5.35. The monoisotopic (exact) mass is 245 g/mol. The number of nitrogens with zero attached hydrogens (tertiary/aromatic N) is 1. The molecule has 0 atom stereocenters. The zero-order valence-electron chi connectivity index (χ0n) is 9.56. The summed E-state index contributed by atoms with van der Waals surface area (Å²) in [4.78, 5) is 15.0. The number of amides is 1. The van der Waals surface area contributed by atoms with Crippen LogP contribution in [-0.4, -0.2) is 10.9 Å². The number of carbonyl (C=O) groups excluding carboxylic acids is 1. The van der Waals surface area contributed by atoms with Gasteiger partial charge < -0.3 is 11.5 Å². The van der Waals surface area contributed by atoms with Crippen LogP contribution < -0.4 is 11.5 Å². The third-order valence-electron chi connectivity index (χ3n) is 2.56. The Labute approximate surface area is 103 Å². The van der Waals surface area contributed by atoms with E-state index in [0.717, 1.165) is 11.1 Å². The van der Waals surface area contributed by atoms with E-state index < -0.39 is 5.91 Å². The predicted molar refractivity (Wildman–Crippen MR) is 66.4 cm³/mol. The first-order valence-corrected chi connectivity index (χ1v) is 5.35. The topological polar surface area (TPSA) is 82.0 Å². The lowest BCUT2D eigenvalue weighted by Gasteiger charge is -2.05. The SMILES string of the molecule is NC(=O)c1cc(Cc2ccc(F)cc2)cnc1N. The van der Waals surface area contributed by atoms with Crippen molar-refractivity contribution in [1.29, 1.82) is 0 Å². The molecule has 2 aromatic rings. The molecule has 0 saturated carbocycles. The third-order valence-corrected chi connectivity index (χ3v) is 2.56. The molecule has 0 aliphatic carbocycles. The molecule has 0 saturated heterocycles. The fourth-order valence-electron chi connectivity index (χ4n) is 1.65. The van der Waals surface area contributed by atoms with Crippen LogP contribution in [0.3, 0.4) is 0 Å². The van der Waals surface area contributed by atoms with Crippen molar-refractivity contribution in [3.63, 3.8) is 0 Å². The number of benzene rings is 1. The van der Waals surface area contributed by atoms with E-state index in [0.29, 0.717) is 6.42 Å². The van der Waals surface area contributed by atoms with Gasteiger partial charge in [-0.05, 0) is 35.7 Å². The minimum atomic E-state index is -0.610. The lowest BCUT2D eigenvalue weighted by molar-refractivity contribution is 0.100. The van der Waals surface area contributed by atoms with E-state index in [1.807, 2.05) is 0 Å². The van der Waals surface area contributed by atoms with Gasteiger partial charge in [-0.15, -0.1) is 0 Å². The Morgan fingerprint density at radius 2 is 1.89 bits per heavy atom. The van der Waals surface area contributed by atoms with Gasteiger partial charge in [-0.1, -0.05) is 12.1 Å². The molecular weight excluding hydrogens is 233 g/mol. The van der Waals surface area contributed by atoms with E-state index in [1.54, 1.807) is 24.4 Å². The van der Waals surface area contributed by atoms with Crippen molar-refractivity contribution in [2.45, 2.75) is 6.42 Å². The fourth-order valence-corrected chi connectivity index (χ4v) is 1.65. The van der Waals surface area contributed by atoms with E-state index >= 15 is 0 Å². The summed E-state index contributed by atoms with van der Waals surface area (Å²) in [5.74, 6) is -0.779. The number of hydrogen-bond donors (Lipinski definition) is 2. The molecule has 2 rings (SSSR count). The predicted octanol–water partition coefficient (Wildman–Crippen LogP) is 1.49. The van der Waals surface area contributed by atoms with Gasteiger partial charge >= 0.3 is 0 Å². The molecule has 0 aliphatic rings. The highest BCUT2D eigenvalue weighted by Crippen LogP contribution is 2.14. The van der Waals surface area contributed by atoms with Crippen LogP contribution in [0, 0.1) is 5.82 Å². The molecule has 1 aromatic carbocycles. The van der Waals surface area contributed by atoms with E-state index in [4.69, 9.17) is 11.5 Å². The fraction of sp³-hybridized carbons (Fsp3) is 0.0769. The normalized spacial score (nSPS) is 10.3. The average molecular weight is 245 g/mol. The van der Waals surface area contributed by atoms with Crippen LogP contribution in [0.5, 0.6) is 0 Å². The molecule has 0 radical (unpaired) electrons. The van der Waals surface area contributed by atoms with Gasteiger partial charge in [0.15, 0.2) is 0 Å². The molecule has 0 spiro atoms. The Kier molecular flexibility index (Phi) is 3.23. The van der Waals surface area contributed by atoms with Crippen LogP contribution in [0.2, 0.25) is 0 Å². The summed E-state index contributed by atoms with van der Waals surface area (Å²) in [5, 5.41) is 0. The smallest absolute Gasteiger partial charge is 0.252 e. The molecule has 4 nitrogen and oxygen atoms in total. The zero-order chi connectivity index (χ0) is 13.1. The number of hydrogen-bond acceptors (Lipinski definition) is 3. The average Bonchev–Trinajstić information content (AvgIpc) is 2.34. The summed E-state index contributed by atoms with van der Waals surface area (Å²) in [6.45, 7) is 0. The molecular formula is C13H12FN3O. The lowest BCUT2D eigenvalue weighted by Crippen LogP contribution is -2.15. The van der Waals surface area contributed by atoms with E-state index in [1.165, 1.54) is 12.1 Å². The summed E-state index contributed by atoms with van der Waals surface area (Å²) in [7, 11) is 0. The molecule has 1 heterocycles. The van der Waals surface area contributed by atoms with Crippen LogP contribution >= 0.6 is 0 Å². The van der Waals surface area contributed by atoms with Crippen molar-refractivity contribution in [2.24, 2.45) is 5.73 Å². The van der Waals surface area contributed by atoms with Crippen LogP contribution in [0.15, 0.2) is 36.5 Å². The number of rotatable bonds is 3. The maximum atomic E-state index is 12.8. The summed E-state index contributed by atoms with van der Waals surface area (Å²) in [5.41, 5.74) is 12.6. The second-order valence-corrected chi connectivity index (χ2v) is 3.94. The van der Waals surface area contributed by atoms with Gasteiger partial charge in [0, 0.05) is 6.20 Å². The number of nitrogen functional groups attached to an aromatic ring is 1. The van der Waals surface area contributed by atoms with Gasteiger partial charge in [0.05, 0.1) is 5.56 Å². The second-order valence-electron chi connectivity index (χ2n) is 3.94. The van der Waals surface area contributed by atoms with E-state index in [2.05, 4.69) is 4.98 Å². The minimum absolute atomic E-state index is 0.116. The van der Waals surface area contributed by atoms with Crippen molar-refractivity contribution in [2.75, 3.05) is 5.73 Å². The zero-order valence-corrected chi connectivity index (χ0v) is 9.56. The van der Waals surface area contributed by atoms with Gasteiger partial charge in [0.1, 0.15) is 11.6 Å². The first kappa shape index (κ1) is 12.0. The maximum absolute atomic E-state index is 12.8. The molecule has 1 amide bonds. The van der Waals surface area contributed by atoms with Crippen LogP contribution in [0.1, 0.15) is 21.5 Å². The molecule has 0 fully saturated rings. The number of nitrogens with two attached hydrogens (primary N) is 2. The maximum Gasteiger partial charge on any atom is 0.252 e. The number of aromatic nitrogens is 1. The number of primary amides is 1. The second kappa shape index (κ2) is 4.83. The summed E-state index contributed by atoms with van der Waals surface area (Å²) < 4.78 is 12.8. The number of anilines is 1. The Balaban J connectivity index is 2.27. The quantitative estimate of drug-likeness (QED) is 0.859. The summed E-state index contributed by atoms with van der Waals surface area (Å²) in [6, 6.07) is 7.73. The van der Waals surface area contributed by atoms with Gasteiger partial charge in [0.2, 0.25) is 0 Å². The van der Waals surface area contributed by atoms with Crippen LogP contribution in [0.25, 0.3) is 0 Å². The largest absolute Gasteiger partial charge is 0.383 e. The van der Waals surface area contributed by atoms with Crippen molar-refractivity contribution >= 4 is 11.7 Å². The highest BCUT2D eigenvalue weighted by molar-refractivity contribution is 5.97. The molecule has 5 heteroatoms. The Bertz CT molecular complexity index is 581. The minimum Gasteiger partial charge on any atom is -0.383 e. The van der Waals surface area contributed by atoms with Gasteiger partial charge in [-0.3, -0.25) is 4.79 Å². The molecule has 0 unspecified atom stereocenters. The van der Waals surface area contributed by atoms with Crippen LogP contribution in [0.4, 0.5) is 10.2 Å². The Morgan fingerprint density at radius 1 is 1.22 bits per heavy atom. The third kappa shape index (κ3) is 2.63. The highest BCUT2D eigenvalue weighted by atomic mass is 19.1. The standard InChI is InChI=1S/C13H12FN3O/c14-10-3-1-8(2-4-10)5-9-6-11(13(16)18)12(15)17-7-9/h1-4,6-7H,5H2,(H2,15,17)(H2,16,18). The molecule has 0 bridgehead atoms. The Hall–Kier alpha value is -2.43. The molecule has 0 aliphatic heterocycles. The van der Waals surface area contributed by atoms with Crippen molar-refractivity contribution in [3.05, 3.63) is 59.0 Å². The highest BCUT2D eigenvalue weighted by Gasteiger charge is 2.08. The van der Waals surface area contributed by atoms with Crippen LogP contribution in [-0.2, 0) is 6.42 Å². The molecule has 92 valence electrons. The number of pyridine rings is 1. The Morgan fingerprint density at radius 3 is 2.50 bits per heavy atom. The van der Waals surface area contributed by atoms with Crippen molar-refractivity contribution < 1.29 is 9.18 Å². The summed E-state index contributed by atoms with van der Waals surface area (Å²) in [6.07, 6.45) is 2.11. The lowest BCUT2D eigenvalue weighted by atomic mass is 10.0. The molecule has 4 N–H and O–H groups in total. The molecule has 1 aromatic heterocycles.